The van der Waals surface area contributed by atoms with Gasteiger partial charge in [0.25, 0.3) is 11.8 Å². The number of nitrogens with two attached hydrogens (primary N) is 2. The first-order valence-electron chi connectivity index (χ1n) is 11.5. The highest BCUT2D eigenvalue weighted by Gasteiger charge is 2.32. The summed E-state index contributed by atoms with van der Waals surface area (Å²) in [5, 5.41) is 5.91. The molecule has 0 aliphatic carbocycles. The zero-order chi connectivity index (χ0) is 24.5. The van der Waals surface area contributed by atoms with Gasteiger partial charge in [-0.05, 0) is 75.4 Å². The third-order valence-corrected chi connectivity index (χ3v) is 13.0. The Hall–Kier alpha value is -2.63. The number of rotatable bonds is 12. The maximum atomic E-state index is 12.3. The Balaban J connectivity index is 1.69. The fourth-order valence-electron chi connectivity index (χ4n) is 3.88. The molecule has 0 unspecified atom stereocenters. The topological polar surface area (TPSA) is 119 Å². The SMILES string of the molecule is C[Si](C)(CCCNC(=O)c1ccccc1N)O[Si](C)(C)CCCNC(=O)c1ccccc1N. The molecule has 0 spiro atoms. The second kappa shape index (κ2) is 12.0. The van der Waals surface area contributed by atoms with Crippen molar-refractivity contribution in [2.75, 3.05) is 24.6 Å². The van der Waals surface area contributed by atoms with Gasteiger partial charge in [0.15, 0.2) is 16.6 Å². The van der Waals surface area contributed by atoms with Crippen molar-refractivity contribution >= 4 is 39.8 Å². The van der Waals surface area contributed by atoms with Gasteiger partial charge < -0.3 is 26.2 Å². The predicted molar refractivity (Wildman–Crippen MR) is 141 cm³/mol. The summed E-state index contributed by atoms with van der Waals surface area (Å²) < 4.78 is 6.66. The zero-order valence-corrected chi connectivity index (χ0v) is 22.2. The highest BCUT2D eigenvalue weighted by molar-refractivity contribution is 6.84. The molecule has 0 aromatic heterocycles. The first kappa shape index (κ1) is 26.6. The van der Waals surface area contributed by atoms with Gasteiger partial charge in [0.2, 0.25) is 0 Å². The maximum absolute atomic E-state index is 12.3. The average Bonchev–Trinajstić information content (AvgIpc) is 2.74. The standard InChI is InChI=1S/C24H38N4O3Si2/c1-32(2,17-9-15-27-23(29)19-11-5-7-13-21(19)25)31-33(3,4)18-10-16-28-24(30)20-12-6-8-14-22(20)26/h5-8,11-14H,9-10,15-18,25-26H2,1-4H3,(H,27,29)(H,28,30). The van der Waals surface area contributed by atoms with E-state index < -0.39 is 16.6 Å². The van der Waals surface area contributed by atoms with Gasteiger partial charge in [0.05, 0.1) is 11.1 Å². The van der Waals surface area contributed by atoms with Crippen molar-refractivity contribution in [3.05, 3.63) is 59.7 Å². The Labute approximate surface area is 199 Å². The molecule has 7 nitrogen and oxygen atoms in total. The number of carbonyl (C=O) groups is 2. The summed E-state index contributed by atoms with van der Waals surface area (Å²) >= 11 is 0. The highest BCUT2D eigenvalue weighted by atomic mass is 28.4. The Morgan fingerprint density at radius 3 is 1.45 bits per heavy atom. The summed E-state index contributed by atoms with van der Waals surface area (Å²) in [6.45, 7) is 10.1. The van der Waals surface area contributed by atoms with Crippen molar-refractivity contribution in [2.45, 2.75) is 51.1 Å². The van der Waals surface area contributed by atoms with Crippen molar-refractivity contribution in [1.82, 2.24) is 10.6 Å². The monoisotopic (exact) mass is 486 g/mol. The molecule has 0 heterocycles. The number of nitrogen functional groups attached to an aromatic ring is 2. The lowest BCUT2D eigenvalue weighted by Crippen LogP contribution is -2.45. The van der Waals surface area contributed by atoms with Crippen molar-refractivity contribution in [3.63, 3.8) is 0 Å². The van der Waals surface area contributed by atoms with E-state index in [2.05, 4.69) is 36.8 Å². The first-order valence-corrected chi connectivity index (χ1v) is 17.7. The number of carbonyl (C=O) groups excluding carboxylic acids is 2. The molecule has 2 amide bonds. The molecule has 0 bridgehead atoms. The molecule has 0 atom stereocenters. The molecule has 0 saturated carbocycles. The van der Waals surface area contributed by atoms with E-state index in [0.717, 1.165) is 24.9 Å². The van der Waals surface area contributed by atoms with E-state index in [1.165, 1.54) is 0 Å². The number of amides is 2. The van der Waals surface area contributed by atoms with Gasteiger partial charge in [0.1, 0.15) is 0 Å². The minimum Gasteiger partial charge on any atom is -0.455 e. The van der Waals surface area contributed by atoms with E-state index in [1.807, 2.05) is 24.3 Å². The lowest BCUT2D eigenvalue weighted by atomic mass is 10.1. The zero-order valence-electron chi connectivity index (χ0n) is 20.2. The van der Waals surface area contributed by atoms with Crippen LogP contribution in [0, 0.1) is 0 Å². The van der Waals surface area contributed by atoms with E-state index in [1.54, 1.807) is 24.3 Å². The molecule has 0 radical (unpaired) electrons. The largest absolute Gasteiger partial charge is 0.455 e. The molecule has 2 rings (SSSR count). The van der Waals surface area contributed by atoms with Crippen LogP contribution in [0.4, 0.5) is 11.4 Å². The van der Waals surface area contributed by atoms with Gasteiger partial charge in [-0.3, -0.25) is 9.59 Å². The molecule has 6 N–H and O–H groups in total. The van der Waals surface area contributed by atoms with Gasteiger partial charge in [-0.25, -0.2) is 0 Å². The van der Waals surface area contributed by atoms with Crippen LogP contribution in [0.15, 0.2) is 48.5 Å². The second-order valence-corrected chi connectivity index (χ2v) is 18.4. The maximum Gasteiger partial charge on any atom is 0.253 e. The number of benzene rings is 2. The van der Waals surface area contributed by atoms with Crippen LogP contribution in [0.25, 0.3) is 0 Å². The van der Waals surface area contributed by atoms with Crippen LogP contribution >= 0.6 is 0 Å². The van der Waals surface area contributed by atoms with Crippen molar-refractivity contribution < 1.29 is 13.7 Å². The molecule has 0 aliphatic heterocycles. The summed E-state index contributed by atoms with van der Waals surface area (Å²) in [5.74, 6) is -0.273. The molecule has 0 saturated heterocycles. The minimum atomic E-state index is -1.86. The second-order valence-electron chi connectivity index (χ2n) is 9.51. The van der Waals surface area contributed by atoms with Crippen LogP contribution in [0.5, 0.6) is 0 Å². The summed E-state index contributed by atoms with van der Waals surface area (Å²) in [6.07, 6.45) is 1.74. The van der Waals surface area contributed by atoms with Crippen LogP contribution in [0.3, 0.4) is 0 Å². The fraction of sp³-hybridized carbons (Fsp3) is 0.417. The molecule has 2 aromatic rings. The molecule has 33 heavy (non-hydrogen) atoms. The summed E-state index contributed by atoms with van der Waals surface area (Å²) in [6, 6.07) is 16.1. The first-order chi connectivity index (χ1) is 15.5. The quantitative estimate of drug-likeness (QED) is 0.203. The Bertz CT molecular complexity index is 875. The van der Waals surface area contributed by atoms with Crippen LogP contribution in [0.1, 0.15) is 33.6 Å². The third-order valence-electron chi connectivity index (χ3n) is 5.45. The van der Waals surface area contributed by atoms with Crippen LogP contribution in [-0.2, 0) is 4.12 Å². The van der Waals surface area contributed by atoms with Gasteiger partial charge >= 0.3 is 0 Å². The highest BCUT2D eigenvalue weighted by Crippen LogP contribution is 2.23. The minimum absolute atomic E-state index is 0.137. The average molecular weight is 487 g/mol. The van der Waals surface area contributed by atoms with Gasteiger partial charge in [-0.1, -0.05) is 24.3 Å². The number of nitrogens with one attached hydrogen (secondary N) is 2. The molecule has 9 heteroatoms. The molecule has 2 aromatic carbocycles. The van der Waals surface area contributed by atoms with Gasteiger partial charge in [-0.15, -0.1) is 0 Å². The van der Waals surface area contributed by atoms with Crippen LogP contribution < -0.4 is 22.1 Å². The van der Waals surface area contributed by atoms with Crippen LogP contribution in [-0.4, -0.2) is 41.5 Å². The fourth-order valence-corrected chi connectivity index (χ4v) is 12.7. The lowest BCUT2D eigenvalue weighted by Gasteiger charge is -2.34. The smallest absolute Gasteiger partial charge is 0.253 e. The summed E-state index contributed by atoms with van der Waals surface area (Å²) in [5.41, 5.74) is 13.7. The Kier molecular flexibility index (Phi) is 9.69. The van der Waals surface area contributed by atoms with E-state index in [-0.39, 0.29) is 11.8 Å². The van der Waals surface area contributed by atoms with E-state index in [9.17, 15) is 9.59 Å². The predicted octanol–water partition coefficient (Wildman–Crippen LogP) is 4.22. The number of hydrogen-bond donors (Lipinski definition) is 4. The van der Waals surface area contributed by atoms with E-state index in [4.69, 9.17) is 15.6 Å². The molecule has 0 fully saturated rings. The van der Waals surface area contributed by atoms with Crippen LogP contribution in [0.2, 0.25) is 38.3 Å². The molecular formula is C24H38N4O3Si2. The number of anilines is 2. The van der Waals surface area contributed by atoms with Crippen molar-refractivity contribution in [2.24, 2.45) is 0 Å². The van der Waals surface area contributed by atoms with Gasteiger partial charge in [-0.2, -0.15) is 0 Å². The number of hydrogen-bond acceptors (Lipinski definition) is 5. The Morgan fingerprint density at radius 2 is 1.09 bits per heavy atom. The van der Waals surface area contributed by atoms with E-state index in [0.29, 0.717) is 35.6 Å². The molecule has 0 aliphatic rings. The lowest BCUT2D eigenvalue weighted by molar-refractivity contribution is 0.0946. The van der Waals surface area contributed by atoms with Crippen molar-refractivity contribution in [1.29, 1.82) is 0 Å². The van der Waals surface area contributed by atoms with E-state index >= 15 is 0 Å². The Morgan fingerprint density at radius 1 is 0.727 bits per heavy atom. The number of para-hydroxylation sites is 2. The third kappa shape index (κ3) is 9.03. The van der Waals surface area contributed by atoms with Gasteiger partial charge in [0, 0.05) is 24.5 Å². The summed E-state index contributed by atoms with van der Waals surface area (Å²) in [4.78, 5) is 24.6. The molecular weight excluding hydrogens is 448 g/mol. The molecule has 180 valence electrons. The normalized spacial score (nSPS) is 11.8. The summed E-state index contributed by atoms with van der Waals surface area (Å²) in [7, 11) is -3.72. The van der Waals surface area contributed by atoms with Crippen molar-refractivity contribution in [3.8, 4) is 0 Å².